The molecular weight excluding hydrogens is 282 g/mol. The Hall–Kier alpha value is -1.37. The summed E-state index contributed by atoms with van der Waals surface area (Å²) < 4.78 is 26.6. The van der Waals surface area contributed by atoms with E-state index in [-0.39, 0.29) is 17.2 Å². The Morgan fingerprint density at radius 2 is 1.74 bits per heavy atom. The van der Waals surface area contributed by atoms with Crippen LogP contribution in [0.5, 0.6) is 5.75 Å². The summed E-state index contributed by atoms with van der Waals surface area (Å²) in [4.78, 5) is 2.37. The topological polar surface area (TPSA) is 66.4 Å². The Bertz CT molecular complexity index is 645. The van der Waals surface area contributed by atoms with Crippen LogP contribution in [0.4, 0.5) is 0 Å². The maximum atomic E-state index is 12.0. The van der Waals surface area contributed by atoms with E-state index in [0.29, 0.717) is 0 Å². The van der Waals surface area contributed by atoms with E-state index in [9.17, 15) is 8.42 Å². The highest BCUT2D eigenvalue weighted by molar-refractivity contribution is 7.89. The van der Waals surface area contributed by atoms with E-state index >= 15 is 0 Å². The first kappa shape index (κ1) is 14.0. The van der Waals surface area contributed by atoms with Gasteiger partial charge in [0.05, 0.1) is 4.90 Å². The molecule has 0 radical (unpaired) electrons. The fraction of sp³-hybridized carbons (Fsp3) is 0.231. The molecule has 102 valence electrons. The highest BCUT2D eigenvalue weighted by atomic mass is 32.2. The summed E-state index contributed by atoms with van der Waals surface area (Å²) in [5.74, 6) is 0.0461. The van der Waals surface area contributed by atoms with E-state index in [0.717, 1.165) is 11.3 Å². The lowest BCUT2D eigenvalue weighted by atomic mass is 10.3. The zero-order valence-electron chi connectivity index (χ0n) is 10.5. The van der Waals surface area contributed by atoms with E-state index in [2.05, 4.69) is 11.6 Å². The molecule has 0 saturated carbocycles. The molecule has 1 heterocycles. The van der Waals surface area contributed by atoms with Crippen LogP contribution in [-0.2, 0) is 23.0 Å². The molecule has 2 N–H and O–H groups in total. The summed E-state index contributed by atoms with van der Waals surface area (Å²) in [7, 11) is -3.53. The van der Waals surface area contributed by atoms with Crippen LogP contribution in [0.2, 0.25) is 0 Å². The SMILES string of the molecule is CCc1ccc(CNS(=O)(=O)c2ccc(O)cc2)s1. The lowest BCUT2D eigenvalue weighted by Gasteiger charge is -2.05. The van der Waals surface area contributed by atoms with Crippen molar-refractivity contribution in [2.24, 2.45) is 0 Å². The van der Waals surface area contributed by atoms with Crippen molar-refractivity contribution in [1.29, 1.82) is 0 Å². The van der Waals surface area contributed by atoms with Crippen LogP contribution in [-0.4, -0.2) is 13.5 Å². The number of aromatic hydroxyl groups is 1. The predicted molar refractivity (Wildman–Crippen MR) is 75.8 cm³/mol. The highest BCUT2D eigenvalue weighted by Crippen LogP contribution is 2.18. The second-order valence-electron chi connectivity index (χ2n) is 4.04. The molecule has 2 aromatic rings. The zero-order chi connectivity index (χ0) is 13.9. The molecule has 4 nitrogen and oxygen atoms in total. The normalized spacial score (nSPS) is 11.6. The smallest absolute Gasteiger partial charge is 0.240 e. The standard InChI is InChI=1S/C13H15NO3S2/c1-2-11-5-6-12(18-11)9-14-19(16,17)13-7-3-10(15)4-8-13/h3-8,14-15H,2,9H2,1H3. The molecule has 1 aromatic heterocycles. The molecule has 0 saturated heterocycles. The number of aryl methyl sites for hydroxylation is 1. The van der Waals surface area contributed by atoms with Crippen molar-refractivity contribution >= 4 is 21.4 Å². The minimum Gasteiger partial charge on any atom is -0.508 e. The summed E-state index contributed by atoms with van der Waals surface area (Å²) >= 11 is 1.60. The van der Waals surface area contributed by atoms with Gasteiger partial charge in [-0.15, -0.1) is 11.3 Å². The Labute approximate surface area is 116 Å². The van der Waals surface area contributed by atoms with Crippen LogP contribution in [0, 0.1) is 0 Å². The van der Waals surface area contributed by atoms with Crippen LogP contribution >= 0.6 is 11.3 Å². The highest BCUT2D eigenvalue weighted by Gasteiger charge is 2.13. The molecule has 19 heavy (non-hydrogen) atoms. The minimum absolute atomic E-state index is 0.0461. The van der Waals surface area contributed by atoms with Crippen molar-refractivity contribution in [2.45, 2.75) is 24.8 Å². The Morgan fingerprint density at radius 3 is 2.32 bits per heavy atom. The third-order valence-corrected chi connectivity index (χ3v) is 5.30. The van der Waals surface area contributed by atoms with E-state index < -0.39 is 10.0 Å². The summed E-state index contributed by atoms with van der Waals surface area (Å²) in [5, 5.41) is 9.15. The molecule has 0 aliphatic carbocycles. The predicted octanol–water partition coefficient (Wildman–Crippen LogP) is 2.49. The van der Waals surface area contributed by atoms with Crippen molar-refractivity contribution in [3.8, 4) is 5.75 Å². The molecule has 0 unspecified atom stereocenters. The van der Waals surface area contributed by atoms with Gasteiger partial charge in [-0.05, 0) is 42.8 Å². The molecule has 0 aliphatic heterocycles. The second-order valence-corrected chi connectivity index (χ2v) is 7.06. The quantitative estimate of drug-likeness (QED) is 0.891. The summed E-state index contributed by atoms with van der Waals surface area (Å²) in [5.41, 5.74) is 0. The van der Waals surface area contributed by atoms with Crippen molar-refractivity contribution in [1.82, 2.24) is 4.72 Å². The number of nitrogens with one attached hydrogen (secondary N) is 1. The summed E-state index contributed by atoms with van der Waals surface area (Å²) in [6, 6.07) is 9.41. The zero-order valence-corrected chi connectivity index (χ0v) is 12.1. The Kier molecular flexibility index (Phi) is 4.24. The van der Waals surface area contributed by atoms with Crippen LogP contribution < -0.4 is 4.72 Å². The average Bonchev–Trinajstić information content (AvgIpc) is 2.85. The monoisotopic (exact) mass is 297 g/mol. The van der Waals surface area contributed by atoms with Gasteiger partial charge in [0.2, 0.25) is 10.0 Å². The largest absolute Gasteiger partial charge is 0.508 e. The number of benzene rings is 1. The lowest BCUT2D eigenvalue weighted by Crippen LogP contribution is -2.22. The molecule has 0 aliphatic rings. The minimum atomic E-state index is -3.53. The van der Waals surface area contributed by atoms with Gasteiger partial charge in [0.25, 0.3) is 0 Å². The van der Waals surface area contributed by atoms with Crippen molar-refractivity contribution in [3.05, 3.63) is 46.2 Å². The molecule has 0 amide bonds. The third kappa shape index (κ3) is 3.56. The fourth-order valence-electron chi connectivity index (χ4n) is 1.58. The maximum absolute atomic E-state index is 12.0. The van der Waals surface area contributed by atoms with Gasteiger partial charge in [-0.2, -0.15) is 0 Å². The average molecular weight is 297 g/mol. The molecule has 0 bridgehead atoms. The fourth-order valence-corrected chi connectivity index (χ4v) is 3.58. The summed E-state index contributed by atoms with van der Waals surface area (Å²) in [6.07, 6.45) is 0.954. The van der Waals surface area contributed by atoms with Gasteiger partial charge in [-0.1, -0.05) is 6.92 Å². The number of phenols is 1. The first-order valence-corrected chi connectivity index (χ1v) is 8.17. The molecule has 1 aromatic carbocycles. The molecular formula is C13H15NO3S2. The van der Waals surface area contributed by atoms with E-state index in [1.165, 1.54) is 29.1 Å². The van der Waals surface area contributed by atoms with Crippen LogP contribution in [0.25, 0.3) is 0 Å². The first-order valence-electron chi connectivity index (χ1n) is 5.87. The molecule has 6 heteroatoms. The molecule has 0 spiro atoms. The maximum Gasteiger partial charge on any atom is 0.240 e. The summed E-state index contributed by atoms with van der Waals surface area (Å²) in [6.45, 7) is 2.35. The van der Waals surface area contributed by atoms with E-state index in [4.69, 9.17) is 5.11 Å². The van der Waals surface area contributed by atoms with Crippen molar-refractivity contribution in [3.63, 3.8) is 0 Å². The van der Waals surface area contributed by atoms with Crippen molar-refractivity contribution < 1.29 is 13.5 Å². The van der Waals surface area contributed by atoms with Gasteiger partial charge < -0.3 is 5.11 Å². The van der Waals surface area contributed by atoms with Gasteiger partial charge in [0.15, 0.2) is 0 Å². The van der Waals surface area contributed by atoms with Crippen LogP contribution in [0.3, 0.4) is 0 Å². The third-order valence-electron chi connectivity index (χ3n) is 2.65. The van der Waals surface area contributed by atoms with Crippen molar-refractivity contribution in [2.75, 3.05) is 0 Å². The van der Waals surface area contributed by atoms with Gasteiger partial charge in [-0.25, -0.2) is 13.1 Å². The van der Waals surface area contributed by atoms with Crippen LogP contribution in [0.15, 0.2) is 41.3 Å². The Morgan fingerprint density at radius 1 is 1.11 bits per heavy atom. The van der Waals surface area contributed by atoms with E-state index in [1.54, 1.807) is 11.3 Å². The second kappa shape index (κ2) is 5.73. The van der Waals surface area contributed by atoms with Gasteiger partial charge in [0, 0.05) is 16.3 Å². The number of thiophene rings is 1. The number of hydrogen-bond donors (Lipinski definition) is 2. The lowest BCUT2D eigenvalue weighted by molar-refractivity contribution is 0.474. The molecule has 2 rings (SSSR count). The number of phenolic OH excluding ortho intramolecular Hbond substituents is 1. The Balaban J connectivity index is 2.07. The number of hydrogen-bond acceptors (Lipinski definition) is 4. The van der Waals surface area contributed by atoms with Gasteiger partial charge in [-0.3, -0.25) is 0 Å². The number of sulfonamides is 1. The number of rotatable bonds is 5. The van der Waals surface area contributed by atoms with Crippen LogP contribution in [0.1, 0.15) is 16.7 Å². The first-order chi connectivity index (χ1) is 9.01. The van der Waals surface area contributed by atoms with Gasteiger partial charge in [0.1, 0.15) is 5.75 Å². The molecule has 0 fully saturated rings. The van der Waals surface area contributed by atoms with Gasteiger partial charge >= 0.3 is 0 Å². The van der Waals surface area contributed by atoms with E-state index in [1.807, 2.05) is 12.1 Å². The molecule has 0 atom stereocenters.